The molecule has 42 heavy (non-hydrogen) atoms. The Kier molecular flexibility index (Phi) is 27.8. The number of halogens is 2. The van der Waals surface area contributed by atoms with E-state index in [-0.39, 0.29) is 17.8 Å². The van der Waals surface area contributed by atoms with E-state index in [0.29, 0.717) is 5.30 Å². The van der Waals surface area contributed by atoms with E-state index >= 15 is 0 Å². The highest BCUT2D eigenvalue weighted by atomic mass is 31.1. The molecule has 2 unspecified atom stereocenters. The molecule has 0 saturated carbocycles. The Morgan fingerprint density at radius 2 is 1.05 bits per heavy atom. The van der Waals surface area contributed by atoms with E-state index in [1.807, 2.05) is 0 Å². The third-order valence-electron chi connectivity index (χ3n) is 9.94. The Bertz CT molecular complexity index is 680. The van der Waals surface area contributed by atoms with Crippen LogP contribution in [0.1, 0.15) is 164 Å². The summed E-state index contributed by atoms with van der Waals surface area (Å²) in [6, 6.07) is 3.95. The van der Waals surface area contributed by atoms with Crippen LogP contribution in [0.5, 0.6) is 0 Å². The minimum atomic E-state index is -0.970. The van der Waals surface area contributed by atoms with E-state index in [2.05, 4.69) is 48.5 Å². The first-order chi connectivity index (χ1) is 20.4. The van der Waals surface area contributed by atoms with Crippen LogP contribution in [0.4, 0.5) is 8.78 Å². The second kappa shape index (κ2) is 28.1. The molecule has 0 N–H and O–H groups in total. The summed E-state index contributed by atoms with van der Waals surface area (Å²) in [4.78, 5) is 0. The monoisotopic (exact) mass is 611 g/mol. The van der Waals surface area contributed by atoms with E-state index in [4.69, 9.17) is 0 Å². The summed E-state index contributed by atoms with van der Waals surface area (Å²) < 4.78 is 27.4. The quantitative estimate of drug-likeness (QED) is 0.0556. The molecule has 248 valence electrons. The van der Waals surface area contributed by atoms with Gasteiger partial charge in [0.1, 0.15) is 11.1 Å². The highest BCUT2D eigenvalue weighted by Gasteiger charge is 2.25. The number of benzene rings is 1. The third kappa shape index (κ3) is 19.8. The van der Waals surface area contributed by atoms with Crippen molar-refractivity contribution in [3.8, 4) is 0 Å². The Morgan fingerprint density at radius 3 is 1.45 bits per heavy atom. The molecule has 1 rings (SSSR count). The molecule has 4 heteroatoms. The maximum atomic E-state index is 14.0. The molecule has 0 aliphatic carbocycles. The lowest BCUT2D eigenvalue weighted by Gasteiger charge is -2.40. The summed E-state index contributed by atoms with van der Waals surface area (Å²) in [5.41, 5.74) is 0. The summed E-state index contributed by atoms with van der Waals surface area (Å²) in [6.45, 7) is 16.0. The second-order valence-corrected chi connectivity index (χ2v) is 16.4. The number of unbranched alkanes of at least 4 members (excludes halogenated alkanes) is 9. The summed E-state index contributed by atoms with van der Waals surface area (Å²) >= 11 is 0. The van der Waals surface area contributed by atoms with E-state index in [9.17, 15) is 8.78 Å². The van der Waals surface area contributed by atoms with Gasteiger partial charge in [0.2, 0.25) is 0 Å². The summed E-state index contributed by atoms with van der Waals surface area (Å²) in [6.07, 6.45) is 32.9. The molecule has 0 radical (unpaired) electrons. The van der Waals surface area contributed by atoms with Crippen molar-refractivity contribution in [2.75, 3.05) is 12.3 Å². The van der Waals surface area contributed by atoms with Crippen LogP contribution >= 0.6 is 7.92 Å². The van der Waals surface area contributed by atoms with Crippen LogP contribution in [0.3, 0.4) is 0 Å². The molecule has 0 nitrogen and oxygen atoms in total. The van der Waals surface area contributed by atoms with E-state index < -0.39 is 7.92 Å². The van der Waals surface area contributed by atoms with Gasteiger partial charge in [-0.1, -0.05) is 151 Å². The first-order valence-corrected chi connectivity index (χ1v) is 20.8. The zero-order valence-electron chi connectivity index (χ0n) is 29.6. The molecule has 0 heterocycles. The molecule has 0 amide bonds. The van der Waals surface area contributed by atoms with Crippen LogP contribution in [-0.4, -0.2) is 18.5 Å². The van der Waals surface area contributed by atoms with Crippen molar-refractivity contribution in [2.24, 2.45) is 5.92 Å². The highest BCUT2D eigenvalue weighted by Crippen LogP contribution is 2.39. The van der Waals surface area contributed by atoms with Crippen LogP contribution < -0.4 is 5.30 Å². The van der Waals surface area contributed by atoms with Gasteiger partial charge in [0.15, 0.2) is 5.82 Å². The molecule has 0 aliphatic rings. The maximum Gasteiger partial charge on any atom is 0.165 e. The zero-order chi connectivity index (χ0) is 31.5. The van der Waals surface area contributed by atoms with E-state index in [1.165, 1.54) is 127 Å². The van der Waals surface area contributed by atoms with Gasteiger partial charge in [-0.25, -0.2) is 8.78 Å². The average Bonchev–Trinajstić information content (AvgIpc) is 2.99. The predicted molar refractivity (Wildman–Crippen MR) is 195 cm³/mol. The molecule has 1 aromatic carbocycles. The molecule has 0 bridgehead atoms. The molecule has 0 aliphatic heterocycles. The van der Waals surface area contributed by atoms with Gasteiger partial charge in [-0.15, -0.1) is 0 Å². The van der Waals surface area contributed by atoms with Crippen molar-refractivity contribution in [3.05, 3.63) is 29.8 Å². The molecule has 0 saturated heterocycles. The Morgan fingerprint density at radius 1 is 0.571 bits per heavy atom. The SMILES string of the molecule is CCCCC(CC)CC[PH+](CCC)c1cc(F)ccc1F.CCCCC[B-](CCCCC)(CCCCC)CCCCC. The zero-order valence-corrected chi connectivity index (χ0v) is 30.6. The lowest BCUT2D eigenvalue weighted by Crippen LogP contribution is -2.33. The lowest BCUT2D eigenvalue weighted by molar-refractivity contribution is 0.441. The topological polar surface area (TPSA) is 0 Å². The summed E-state index contributed by atoms with van der Waals surface area (Å²) in [5.74, 6) is 0.238. The van der Waals surface area contributed by atoms with E-state index in [1.54, 1.807) is 25.3 Å². The van der Waals surface area contributed by atoms with Crippen molar-refractivity contribution in [3.63, 3.8) is 0 Å². The first-order valence-electron chi connectivity index (χ1n) is 18.9. The van der Waals surface area contributed by atoms with Crippen LogP contribution in [0.15, 0.2) is 18.2 Å². The molecular weight excluding hydrogens is 536 g/mol. The molecule has 0 aromatic heterocycles. The van der Waals surface area contributed by atoms with Crippen LogP contribution in [0, 0.1) is 17.6 Å². The lowest BCUT2D eigenvalue weighted by atomic mass is 9.17. The summed E-state index contributed by atoms with van der Waals surface area (Å²) in [5, 5.41) is 0.673. The Labute approximate surface area is 265 Å². The first kappa shape index (κ1) is 41.6. The van der Waals surface area contributed by atoms with Crippen molar-refractivity contribution in [2.45, 2.75) is 189 Å². The minimum absolute atomic E-state index is 0.0383. The molecule has 0 fully saturated rings. The van der Waals surface area contributed by atoms with Crippen LogP contribution in [0.2, 0.25) is 25.3 Å². The molecule has 0 spiro atoms. The van der Waals surface area contributed by atoms with Crippen molar-refractivity contribution >= 4 is 19.4 Å². The van der Waals surface area contributed by atoms with Crippen LogP contribution in [0.25, 0.3) is 0 Å². The van der Waals surface area contributed by atoms with Gasteiger partial charge >= 0.3 is 0 Å². The van der Waals surface area contributed by atoms with Gasteiger partial charge in [0.05, 0.1) is 12.3 Å². The largest absolute Gasteiger partial charge is 0.207 e. The highest BCUT2D eigenvalue weighted by molar-refractivity contribution is 7.65. The van der Waals surface area contributed by atoms with Gasteiger partial charge in [-0.3, -0.25) is 0 Å². The van der Waals surface area contributed by atoms with Gasteiger partial charge in [-0.05, 0) is 30.9 Å². The number of hydrogen-bond donors (Lipinski definition) is 0. The second-order valence-electron chi connectivity index (χ2n) is 13.6. The predicted octanol–water partition coefficient (Wildman–Crippen LogP) is 14.0. The van der Waals surface area contributed by atoms with Gasteiger partial charge in [0, 0.05) is 20.1 Å². The number of hydrogen-bond acceptors (Lipinski definition) is 0. The third-order valence-corrected chi connectivity index (χ3v) is 13.1. The van der Waals surface area contributed by atoms with Gasteiger partial charge in [-0.2, -0.15) is 25.3 Å². The average molecular weight is 611 g/mol. The van der Waals surface area contributed by atoms with Gasteiger partial charge in [0.25, 0.3) is 0 Å². The Hall–Kier alpha value is -0.425. The van der Waals surface area contributed by atoms with Gasteiger partial charge < -0.3 is 0 Å². The standard InChI is InChI=1S/C20H44B.C18H29F2P/c1-5-9-13-17-21(18-14-10-6-2,19-15-11-7-3)20-16-12-8-4;1-4-7-8-15(6-3)11-13-21(12-5-2)18-14-16(19)9-10-17(18)20/h5-20H2,1-4H3;9-10,14-15H,4-8,11-13H2,1-3H3/q-1;/p+1. The molecule has 2 atom stereocenters. The fraction of sp³-hybridized carbons (Fsp3) is 0.842. The number of rotatable bonds is 26. The molecular formula is C38H74BF2P. The normalized spacial score (nSPS) is 13.1. The summed E-state index contributed by atoms with van der Waals surface area (Å²) in [7, 11) is -0.970. The van der Waals surface area contributed by atoms with E-state index in [0.717, 1.165) is 24.7 Å². The fourth-order valence-electron chi connectivity index (χ4n) is 7.06. The minimum Gasteiger partial charge on any atom is -0.207 e. The molecule has 1 aromatic rings. The van der Waals surface area contributed by atoms with Crippen molar-refractivity contribution < 1.29 is 8.78 Å². The van der Waals surface area contributed by atoms with Crippen LogP contribution in [-0.2, 0) is 0 Å². The van der Waals surface area contributed by atoms with Crippen molar-refractivity contribution in [1.82, 2.24) is 0 Å². The smallest absolute Gasteiger partial charge is 0.165 e. The van der Waals surface area contributed by atoms with Crippen molar-refractivity contribution in [1.29, 1.82) is 0 Å². The Balaban J connectivity index is 0.000000800. The maximum absolute atomic E-state index is 14.0. The fourth-order valence-corrected chi connectivity index (χ4v) is 9.98.